The van der Waals surface area contributed by atoms with Gasteiger partial charge in [-0.05, 0) is 30.5 Å². The van der Waals surface area contributed by atoms with Gasteiger partial charge in [0.25, 0.3) is 0 Å². The molecule has 114 valence electrons. The van der Waals surface area contributed by atoms with Crippen LogP contribution in [0.25, 0.3) is 10.2 Å². The summed E-state index contributed by atoms with van der Waals surface area (Å²) in [6.45, 7) is 1.91. The van der Waals surface area contributed by atoms with Gasteiger partial charge in [0.15, 0.2) is 17.3 Å². The summed E-state index contributed by atoms with van der Waals surface area (Å²) in [5, 5.41) is 2.03. The highest BCUT2D eigenvalue weighted by atomic mass is 32.1. The van der Waals surface area contributed by atoms with Crippen LogP contribution in [0.4, 0.5) is 11.5 Å². The fourth-order valence-corrected chi connectivity index (χ4v) is 3.20. The van der Waals surface area contributed by atoms with E-state index in [2.05, 4.69) is 9.97 Å². The first-order chi connectivity index (χ1) is 10.6. The summed E-state index contributed by atoms with van der Waals surface area (Å²) in [4.78, 5) is 11.1. The predicted molar refractivity (Wildman–Crippen MR) is 89.8 cm³/mol. The third-order valence-electron chi connectivity index (χ3n) is 3.47. The van der Waals surface area contributed by atoms with E-state index in [0.717, 1.165) is 27.5 Å². The van der Waals surface area contributed by atoms with Gasteiger partial charge in [-0.1, -0.05) is 0 Å². The van der Waals surface area contributed by atoms with Crippen molar-refractivity contribution in [2.75, 3.05) is 26.2 Å². The number of aromatic nitrogens is 2. The summed E-state index contributed by atoms with van der Waals surface area (Å²) in [6, 6.07) is 7.83. The van der Waals surface area contributed by atoms with Crippen LogP contribution in [0, 0.1) is 6.92 Å². The molecule has 0 aliphatic carbocycles. The predicted octanol–water partition coefficient (Wildman–Crippen LogP) is 3.78. The average Bonchev–Trinajstić information content (AvgIpc) is 3.00. The van der Waals surface area contributed by atoms with Gasteiger partial charge >= 0.3 is 0 Å². The fraction of sp³-hybridized carbons (Fsp3) is 0.250. The van der Waals surface area contributed by atoms with E-state index < -0.39 is 0 Å². The van der Waals surface area contributed by atoms with Crippen molar-refractivity contribution in [3.63, 3.8) is 0 Å². The molecule has 0 saturated heterocycles. The van der Waals surface area contributed by atoms with Crippen molar-refractivity contribution in [1.29, 1.82) is 0 Å². The minimum atomic E-state index is 0.694. The lowest BCUT2D eigenvalue weighted by atomic mass is 10.2. The van der Waals surface area contributed by atoms with E-state index in [0.29, 0.717) is 11.5 Å². The number of aryl methyl sites for hydroxylation is 1. The molecule has 0 aliphatic rings. The van der Waals surface area contributed by atoms with Gasteiger partial charge in [-0.2, -0.15) is 0 Å². The molecule has 3 aromatic rings. The zero-order valence-electron chi connectivity index (χ0n) is 13.0. The summed E-state index contributed by atoms with van der Waals surface area (Å²) < 4.78 is 11.7. The second-order valence-corrected chi connectivity index (χ2v) is 5.74. The van der Waals surface area contributed by atoms with E-state index in [-0.39, 0.29) is 0 Å². The van der Waals surface area contributed by atoms with E-state index in [1.165, 1.54) is 0 Å². The summed E-state index contributed by atoms with van der Waals surface area (Å²) in [7, 11) is 5.25. The molecule has 5 nitrogen and oxygen atoms in total. The van der Waals surface area contributed by atoms with Crippen LogP contribution in [0.15, 0.2) is 29.6 Å². The zero-order chi connectivity index (χ0) is 15.7. The van der Waals surface area contributed by atoms with Crippen LogP contribution in [-0.4, -0.2) is 31.2 Å². The SMILES string of the molecule is COc1ccc(N(C)c2nc(C)nc3ccsc23)cc1OC. The summed E-state index contributed by atoms with van der Waals surface area (Å²) in [5.41, 5.74) is 1.95. The number of anilines is 2. The maximum atomic E-state index is 5.38. The van der Waals surface area contributed by atoms with E-state index in [1.807, 2.05) is 48.5 Å². The van der Waals surface area contributed by atoms with Crippen molar-refractivity contribution in [2.45, 2.75) is 6.92 Å². The van der Waals surface area contributed by atoms with Gasteiger partial charge in [0.2, 0.25) is 0 Å². The van der Waals surface area contributed by atoms with Gasteiger partial charge in [-0.25, -0.2) is 9.97 Å². The zero-order valence-corrected chi connectivity index (χ0v) is 13.8. The number of hydrogen-bond donors (Lipinski definition) is 0. The highest BCUT2D eigenvalue weighted by Gasteiger charge is 2.15. The first-order valence-electron chi connectivity index (χ1n) is 6.81. The smallest absolute Gasteiger partial charge is 0.162 e. The molecule has 0 fully saturated rings. The van der Waals surface area contributed by atoms with Crippen molar-refractivity contribution in [2.24, 2.45) is 0 Å². The Hall–Kier alpha value is -2.34. The molecule has 0 atom stereocenters. The third-order valence-corrected chi connectivity index (χ3v) is 4.37. The van der Waals surface area contributed by atoms with Crippen molar-refractivity contribution < 1.29 is 9.47 Å². The lowest BCUT2D eigenvalue weighted by molar-refractivity contribution is 0.355. The summed E-state index contributed by atoms with van der Waals surface area (Å²) >= 11 is 1.64. The first kappa shape index (κ1) is 14.6. The van der Waals surface area contributed by atoms with Crippen molar-refractivity contribution in [1.82, 2.24) is 9.97 Å². The monoisotopic (exact) mass is 315 g/mol. The number of rotatable bonds is 4. The maximum absolute atomic E-state index is 5.38. The van der Waals surface area contributed by atoms with Gasteiger partial charge in [-0.3, -0.25) is 0 Å². The van der Waals surface area contributed by atoms with E-state index in [1.54, 1.807) is 25.6 Å². The Morgan fingerprint density at radius 3 is 2.55 bits per heavy atom. The molecule has 0 amide bonds. The Morgan fingerprint density at radius 1 is 1.05 bits per heavy atom. The quantitative estimate of drug-likeness (QED) is 0.733. The van der Waals surface area contributed by atoms with Crippen molar-refractivity contribution >= 4 is 33.1 Å². The lowest BCUT2D eigenvalue weighted by Crippen LogP contribution is -2.12. The Bertz CT molecular complexity index is 816. The van der Waals surface area contributed by atoms with Gasteiger partial charge in [0.1, 0.15) is 5.82 Å². The molecule has 0 unspecified atom stereocenters. The standard InChI is InChI=1S/C16H17N3O2S/c1-10-17-12-7-8-22-15(12)16(18-10)19(2)11-5-6-13(20-3)14(9-11)21-4/h5-9H,1-4H3. The van der Waals surface area contributed by atoms with Gasteiger partial charge in [0, 0.05) is 18.8 Å². The van der Waals surface area contributed by atoms with E-state index in [9.17, 15) is 0 Å². The lowest BCUT2D eigenvalue weighted by Gasteiger charge is -2.20. The van der Waals surface area contributed by atoms with Crippen LogP contribution in [0.2, 0.25) is 0 Å². The Balaban J connectivity index is 2.09. The van der Waals surface area contributed by atoms with Crippen molar-refractivity contribution in [3.05, 3.63) is 35.5 Å². The van der Waals surface area contributed by atoms with Gasteiger partial charge in [-0.15, -0.1) is 11.3 Å². The number of benzene rings is 1. The summed E-state index contributed by atoms with van der Waals surface area (Å²) in [5.74, 6) is 3.05. The van der Waals surface area contributed by atoms with Crippen LogP contribution in [0.5, 0.6) is 11.5 Å². The summed E-state index contributed by atoms with van der Waals surface area (Å²) in [6.07, 6.45) is 0. The molecule has 2 aromatic heterocycles. The Kier molecular flexibility index (Phi) is 3.85. The number of nitrogens with zero attached hydrogens (tertiary/aromatic N) is 3. The molecule has 2 heterocycles. The minimum absolute atomic E-state index is 0.694. The highest BCUT2D eigenvalue weighted by molar-refractivity contribution is 7.17. The molecular weight excluding hydrogens is 298 g/mol. The second-order valence-electron chi connectivity index (χ2n) is 4.83. The number of thiophene rings is 1. The first-order valence-corrected chi connectivity index (χ1v) is 7.69. The minimum Gasteiger partial charge on any atom is -0.493 e. The molecule has 0 radical (unpaired) electrons. The third kappa shape index (κ3) is 2.46. The molecule has 6 heteroatoms. The molecule has 1 aromatic carbocycles. The molecule has 0 saturated carbocycles. The topological polar surface area (TPSA) is 47.5 Å². The van der Waals surface area contributed by atoms with E-state index in [4.69, 9.17) is 9.47 Å². The fourth-order valence-electron chi connectivity index (χ4n) is 2.34. The Labute approximate surface area is 133 Å². The molecule has 0 N–H and O–H groups in total. The number of ether oxygens (including phenoxy) is 2. The van der Waals surface area contributed by atoms with Gasteiger partial charge < -0.3 is 14.4 Å². The van der Waals surface area contributed by atoms with Crippen molar-refractivity contribution in [3.8, 4) is 11.5 Å². The molecular formula is C16H17N3O2S. The van der Waals surface area contributed by atoms with Crippen LogP contribution in [0.3, 0.4) is 0 Å². The number of fused-ring (bicyclic) bond motifs is 1. The molecule has 22 heavy (non-hydrogen) atoms. The largest absolute Gasteiger partial charge is 0.493 e. The van der Waals surface area contributed by atoms with Crippen LogP contribution >= 0.6 is 11.3 Å². The van der Waals surface area contributed by atoms with Crippen LogP contribution in [0.1, 0.15) is 5.82 Å². The van der Waals surface area contributed by atoms with Crippen LogP contribution < -0.4 is 14.4 Å². The number of methoxy groups -OCH3 is 2. The molecule has 0 spiro atoms. The molecule has 0 bridgehead atoms. The van der Waals surface area contributed by atoms with E-state index >= 15 is 0 Å². The second kappa shape index (κ2) is 5.81. The normalized spacial score (nSPS) is 10.7. The number of hydrogen-bond acceptors (Lipinski definition) is 6. The average molecular weight is 315 g/mol. The Morgan fingerprint density at radius 2 is 1.82 bits per heavy atom. The molecule has 3 rings (SSSR count). The highest BCUT2D eigenvalue weighted by Crippen LogP contribution is 2.36. The van der Waals surface area contributed by atoms with Gasteiger partial charge in [0.05, 0.1) is 24.4 Å². The molecule has 0 aliphatic heterocycles. The maximum Gasteiger partial charge on any atom is 0.162 e. The van der Waals surface area contributed by atoms with Crippen LogP contribution in [-0.2, 0) is 0 Å².